The summed E-state index contributed by atoms with van der Waals surface area (Å²) in [5.41, 5.74) is 0. The summed E-state index contributed by atoms with van der Waals surface area (Å²) in [7, 11) is -6.30. The molecular weight excluding hydrogens is 288 g/mol. The van der Waals surface area contributed by atoms with E-state index in [0.717, 1.165) is 12.8 Å². The van der Waals surface area contributed by atoms with E-state index in [9.17, 15) is 16.8 Å². The van der Waals surface area contributed by atoms with Gasteiger partial charge in [0.15, 0.2) is 9.84 Å². The van der Waals surface area contributed by atoms with Crippen molar-refractivity contribution in [3.63, 3.8) is 0 Å². The van der Waals surface area contributed by atoms with Gasteiger partial charge in [-0.2, -0.15) is 0 Å². The maximum atomic E-state index is 12.0. The van der Waals surface area contributed by atoms with E-state index in [1.54, 1.807) is 6.92 Å². The lowest BCUT2D eigenvalue weighted by Gasteiger charge is -2.16. The normalized spacial score (nSPS) is 28.4. The molecule has 1 aliphatic carbocycles. The van der Waals surface area contributed by atoms with Gasteiger partial charge in [0.25, 0.3) is 0 Å². The molecule has 2 atom stereocenters. The quantitative estimate of drug-likeness (QED) is 0.660. The van der Waals surface area contributed by atoms with Crippen molar-refractivity contribution in [2.45, 2.75) is 37.5 Å². The second-order valence-electron chi connectivity index (χ2n) is 5.66. The topological polar surface area (TPSA) is 92.3 Å². The van der Waals surface area contributed by atoms with Crippen molar-refractivity contribution in [2.75, 3.05) is 24.6 Å². The molecule has 2 fully saturated rings. The average Bonchev–Trinajstić information content (AvgIpc) is 3.08. The molecule has 1 saturated heterocycles. The van der Waals surface area contributed by atoms with Crippen LogP contribution >= 0.6 is 0 Å². The van der Waals surface area contributed by atoms with Crippen molar-refractivity contribution in [1.29, 1.82) is 0 Å². The maximum absolute atomic E-state index is 12.0. The molecule has 0 radical (unpaired) electrons. The molecule has 8 heteroatoms. The van der Waals surface area contributed by atoms with Crippen molar-refractivity contribution in [2.24, 2.45) is 5.92 Å². The molecule has 112 valence electrons. The predicted octanol–water partition coefficient (Wildman–Crippen LogP) is -0.519. The van der Waals surface area contributed by atoms with Crippen molar-refractivity contribution in [3.8, 4) is 0 Å². The van der Waals surface area contributed by atoms with Crippen LogP contribution in [0, 0.1) is 5.92 Å². The molecule has 1 saturated carbocycles. The Hall–Kier alpha value is -0.180. The van der Waals surface area contributed by atoms with Crippen LogP contribution in [0.5, 0.6) is 0 Å². The Labute approximate surface area is 115 Å². The zero-order valence-corrected chi connectivity index (χ0v) is 12.8. The maximum Gasteiger partial charge on any atom is 0.215 e. The minimum Gasteiger partial charge on any atom is -0.313 e. The fourth-order valence-corrected chi connectivity index (χ4v) is 5.07. The molecule has 0 bridgehead atoms. The zero-order valence-electron chi connectivity index (χ0n) is 11.1. The summed E-state index contributed by atoms with van der Waals surface area (Å²) in [5, 5.41) is 2.69. The molecule has 0 aromatic heterocycles. The van der Waals surface area contributed by atoms with Gasteiger partial charge in [-0.05, 0) is 32.1 Å². The van der Waals surface area contributed by atoms with Crippen molar-refractivity contribution in [3.05, 3.63) is 0 Å². The fourth-order valence-electron chi connectivity index (χ4n) is 2.14. The van der Waals surface area contributed by atoms with Crippen molar-refractivity contribution in [1.82, 2.24) is 10.0 Å². The Kier molecular flexibility index (Phi) is 4.54. The van der Waals surface area contributed by atoms with Gasteiger partial charge in [-0.1, -0.05) is 0 Å². The van der Waals surface area contributed by atoms with Crippen LogP contribution in [-0.2, 0) is 19.9 Å². The molecule has 0 spiro atoms. The molecule has 2 unspecified atom stereocenters. The first kappa shape index (κ1) is 15.2. The Balaban J connectivity index is 1.76. The minimum atomic E-state index is -3.36. The Morgan fingerprint density at radius 2 is 1.95 bits per heavy atom. The molecule has 0 aromatic carbocycles. The smallest absolute Gasteiger partial charge is 0.215 e. The van der Waals surface area contributed by atoms with Crippen LogP contribution in [0.2, 0.25) is 0 Å². The molecule has 1 aliphatic heterocycles. The Morgan fingerprint density at radius 1 is 1.26 bits per heavy atom. The molecule has 1 heterocycles. The van der Waals surface area contributed by atoms with Crippen LogP contribution < -0.4 is 10.0 Å². The number of sulfone groups is 1. The zero-order chi connectivity index (χ0) is 14.1. The van der Waals surface area contributed by atoms with Crippen molar-refractivity contribution >= 4 is 19.9 Å². The van der Waals surface area contributed by atoms with E-state index in [-0.39, 0.29) is 24.0 Å². The van der Waals surface area contributed by atoms with Gasteiger partial charge >= 0.3 is 0 Å². The summed E-state index contributed by atoms with van der Waals surface area (Å²) >= 11 is 0. The van der Waals surface area contributed by atoms with Gasteiger partial charge in [-0.15, -0.1) is 0 Å². The lowest BCUT2D eigenvalue weighted by molar-refractivity contribution is 0.529. The number of nitrogens with one attached hydrogen (secondary N) is 2. The van der Waals surface area contributed by atoms with E-state index in [1.165, 1.54) is 0 Å². The van der Waals surface area contributed by atoms with E-state index in [2.05, 4.69) is 10.0 Å². The van der Waals surface area contributed by atoms with E-state index in [1.807, 2.05) is 0 Å². The molecule has 0 aromatic rings. The van der Waals surface area contributed by atoms with Gasteiger partial charge in [-0.3, -0.25) is 0 Å². The van der Waals surface area contributed by atoms with Crippen LogP contribution in [0.4, 0.5) is 0 Å². The van der Waals surface area contributed by atoms with Crippen LogP contribution in [0.1, 0.15) is 26.2 Å². The Morgan fingerprint density at radius 3 is 2.47 bits per heavy atom. The number of hydrogen-bond donors (Lipinski definition) is 2. The van der Waals surface area contributed by atoms with Gasteiger partial charge in [0.05, 0.1) is 16.8 Å². The molecule has 0 amide bonds. The average molecular weight is 310 g/mol. The van der Waals surface area contributed by atoms with Gasteiger partial charge in [0.2, 0.25) is 10.0 Å². The number of sulfonamides is 1. The first-order valence-electron chi connectivity index (χ1n) is 6.71. The van der Waals surface area contributed by atoms with E-state index < -0.39 is 25.1 Å². The first-order valence-corrected chi connectivity index (χ1v) is 10.1. The van der Waals surface area contributed by atoms with E-state index >= 15 is 0 Å². The monoisotopic (exact) mass is 310 g/mol. The largest absolute Gasteiger partial charge is 0.313 e. The fraction of sp³-hybridized carbons (Fsp3) is 1.00. The number of rotatable bonds is 7. The molecule has 6 nitrogen and oxygen atoms in total. The number of hydrogen-bond acceptors (Lipinski definition) is 5. The minimum absolute atomic E-state index is 0.0802. The SMILES string of the molecule is CC(CNC1CC1)S(=O)(=O)NCC1CCS(=O)(=O)C1. The third-order valence-electron chi connectivity index (χ3n) is 3.70. The summed E-state index contributed by atoms with van der Waals surface area (Å²) in [4.78, 5) is 0. The summed E-state index contributed by atoms with van der Waals surface area (Å²) < 4.78 is 49.1. The lowest BCUT2D eigenvalue weighted by atomic mass is 10.1. The molecule has 19 heavy (non-hydrogen) atoms. The van der Waals surface area contributed by atoms with E-state index in [4.69, 9.17) is 0 Å². The molecule has 2 rings (SSSR count). The highest BCUT2D eigenvalue weighted by atomic mass is 32.2. The van der Waals surface area contributed by atoms with Crippen LogP contribution in [0.15, 0.2) is 0 Å². The van der Waals surface area contributed by atoms with Crippen molar-refractivity contribution < 1.29 is 16.8 Å². The van der Waals surface area contributed by atoms with Crippen LogP contribution in [-0.4, -0.2) is 52.7 Å². The third-order valence-corrected chi connectivity index (χ3v) is 7.33. The van der Waals surface area contributed by atoms with E-state index in [0.29, 0.717) is 19.0 Å². The standard InChI is InChI=1S/C11H22N2O4S2/c1-9(6-12-11-2-3-11)19(16,17)13-7-10-4-5-18(14,15)8-10/h9-13H,2-8H2,1H3. The van der Waals surface area contributed by atoms with Gasteiger partial charge in [0.1, 0.15) is 0 Å². The van der Waals surface area contributed by atoms with Crippen LogP contribution in [0.25, 0.3) is 0 Å². The highest BCUT2D eigenvalue weighted by Gasteiger charge is 2.30. The van der Waals surface area contributed by atoms with Gasteiger partial charge in [0, 0.05) is 19.1 Å². The van der Waals surface area contributed by atoms with Gasteiger partial charge in [-0.25, -0.2) is 21.6 Å². The van der Waals surface area contributed by atoms with Crippen LogP contribution in [0.3, 0.4) is 0 Å². The molecular formula is C11H22N2O4S2. The second-order valence-corrected chi connectivity index (χ2v) is 10.1. The third kappa shape index (κ3) is 4.70. The second kappa shape index (κ2) is 5.67. The molecule has 2 aliphatic rings. The molecule has 2 N–H and O–H groups in total. The van der Waals surface area contributed by atoms with Gasteiger partial charge < -0.3 is 5.32 Å². The Bertz CT molecular complexity index is 511. The summed E-state index contributed by atoms with van der Waals surface area (Å²) in [6.07, 6.45) is 2.81. The lowest BCUT2D eigenvalue weighted by Crippen LogP contribution is -2.41. The predicted molar refractivity (Wildman–Crippen MR) is 74.2 cm³/mol. The summed E-state index contributed by atoms with van der Waals surface area (Å²) in [6, 6.07) is 0.484. The highest BCUT2D eigenvalue weighted by Crippen LogP contribution is 2.19. The summed E-state index contributed by atoms with van der Waals surface area (Å²) in [5.74, 6) is 0.200. The summed E-state index contributed by atoms with van der Waals surface area (Å²) in [6.45, 7) is 2.35. The highest BCUT2D eigenvalue weighted by molar-refractivity contribution is 7.91. The first-order chi connectivity index (χ1) is 8.78.